The van der Waals surface area contributed by atoms with Gasteiger partial charge in [0.1, 0.15) is 0 Å². The van der Waals surface area contributed by atoms with Gasteiger partial charge in [0.05, 0.1) is 0 Å². The quantitative estimate of drug-likeness (QED) is 0.680. The van der Waals surface area contributed by atoms with E-state index < -0.39 is 0 Å². The first-order chi connectivity index (χ1) is 8.33. The van der Waals surface area contributed by atoms with Gasteiger partial charge in [-0.3, -0.25) is 0 Å². The first-order valence-corrected chi connectivity index (χ1v) is 7.49. The van der Waals surface area contributed by atoms with Gasteiger partial charge in [-0.25, -0.2) is 0 Å². The molecule has 0 amide bonds. The van der Waals surface area contributed by atoms with Crippen molar-refractivity contribution in [2.45, 2.75) is 12.7 Å². The van der Waals surface area contributed by atoms with E-state index in [-0.39, 0.29) is 0 Å². The molecule has 0 spiro atoms. The van der Waals surface area contributed by atoms with E-state index in [1.165, 1.54) is 11.3 Å². The number of hydrogen-bond acceptors (Lipinski definition) is 3. The number of hydrogen-bond donors (Lipinski definition) is 1. The highest BCUT2D eigenvalue weighted by molar-refractivity contribution is 7.98. The van der Waals surface area contributed by atoms with Gasteiger partial charge >= 0.3 is 0 Å². The minimum Gasteiger partial charge on any atom is -0.315 e. The fourth-order valence-electron chi connectivity index (χ4n) is 1.46. The molecule has 1 rings (SSSR count). The Morgan fingerprint density at radius 3 is 2.65 bits per heavy atom. The summed E-state index contributed by atoms with van der Waals surface area (Å²) in [4.78, 5) is 2.32. The third kappa shape index (κ3) is 7.42. The first-order valence-electron chi connectivity index (χ1n) is 6.34. The molecule has 17 heavy (non-hydrogen) atoms. The number of rotatable bonds is 9. The second-order valence-corrected chi connectivity index (χ2v) is 5.29. The van der Waals surface area contributed by atoms with Crippen molar-refractivity contribution in [2.75, 3.05) is 39.0 Å². The average Bonchev–Trinajstić information content (AvgIpc) is 2.38. The second-order valence-electron chi connectivity index (χ2n) is 4.18. The molecular formula is C14H24N2S. The van der Waals surface area contributed by atoms with Gasteiger partial charge < -0.3 is 10.2 Å². The summed E-state index contributed by atoms with van der Waals surface area (Å²) in [6, 6.07) is 10.7. The maximum absolute atomic E-state index is 3.47. The predicted molar refractivity (Wildman–Crippen MR) is 78.6 cm³/mol. The molecule has 0 bridgehead atoms. The maximum Gasteiger partial charge on any atom is 0.0185 e. The Hall–Kier alpha value is -0.510. The Labute approximate surface area is 110 Å². The van der Waals surface area contributed by atoms with Crippen molar-refractivity contribution in [1.82, 2.24) is 10.2 Å². The molecule has 0 aliphatic heterocycles. The molecule has 2 nitrogen and oxygen atoms in total. The van der Waals surface area contributed by atoms with Gasteiger partial charge in [0.2, 0.25) is 0 Å². The molecule has 96 valence electrons. The van der Waals surface area contributed by atoms with Crippen LogP contribution in [0.1, 0.15) is 12.5 Å². The third-order valence-corrected chi connectivity index (χ3v) is 3.78. The van der Waals surface area contributed by atoms with E-state index in [0.29, 0.717) is 0 Å². The Balaban J connectivity index is 1.91. The number of likely N-dealkylation sites (N-methyl/N-ethyl adjacent to an activating group) is 1. The summed E-state index contributed by atoms with van der Waals surface area (Å²) in [6.07, 6.45) is 0. The minimum atomic E-state index is 1.09. The zero-order valence-electron chi connectivity index (χ0n) is 11.0. The number of nitrogens with one attached hydrogen (secondary N) is 1. The van der Waals surface area contributed by atoms with Crippen molar-refractivity contribution >= 4 is 11.8 Å². The normalized spacial score (nSPS) is 11.0. The van der Waals surface area contributed by atoms with E-state index in [2.05, 4.69) is 54.5 Å². The van der Waals surface area contributed by atoms with E-state index in [9.17, 15) is 0 Å². The number of thioether (sulfide) groups is 1. The molecule has 0 aromatic heterocycles. The summed E-state index contributed by atoms with van der Waals surface area (Å²) >= 11 is 1.99. The molecule has 0 atom stereocenters. The van der Waals surface area contributed by atoms with Crippen molar-refractivity contribution in [1.29, 1.82) is 0 Å². The van der Waals surface area contributed by atoms with E-state index in [1.807, 2.05) is 11.8 Å². The highest BCUT2D eigenvalue weighted by atomic mass is 32.2. The molecular weight excluding hydrogens is 228 g/mol. The van der Waals surface area contributed by atoms with E-state index in [0.717, 1.165) is 31.9 Å². The molecule has 0 radical (unpaired) electrons. The number of benzene rings is 1. The molecule has 0 saturated carbocycles. The van der Waals surface area contributed by atoms with Crippen LogP contribution in [-0.2, 0) is 5.75 Å². The zero-order valence-corrected chi connectivity index (χ0v) is 11.8. The van der Waals surface area contributed by atoms with Crippen LogP contribution in [0.4, 0.5) is 0 Å². The Kier molecular flexibility index (Phi) is 8.14. The lowest BCUT2D eigenvalue weighted by atomic mass is 10.2. The van der Waals surface area contributed by atoms with Crippen LogP contribution in [0, 0.1) is 0 Å². The second kappa shape index (κ2) is 9.51. The molecule has 1 aromatic rings. The molecule has 0 aliphatic carbocycles. The van der Waals surface area contributed by atoms with Gasteiger partial charge in [-0.2, -0.15) is 11.8 Å². The van der Waals surface area contributed by atoms with Gasteiger partial charge in [0.15, 0.2) is 0 Å². The van der Waals surface area contributed by atoms with Gasteiger partial charge in [0.25, 0.3) is 0 Å². The highest BCUT2D eigenvalue weighted by Gasteiger charge is 1.94. The standard InChI is InChI=1S/C14H24N2S/c1-3-16(2)11-9-15-10-12-17-13-14-7-5-4-6-8-14/h4-8,15H,3,9-13H2,1-2H3. The lowest BCUT2D eigenvalue weighted by Gasteiger charge is -2.13. The Morgan fingerprint density at radius 2 is 1.94 bits per heavy atom. The van der Waals surface area contributed by atoms with E-state index in [4.69, 9.17) is 0 Å². The lowest BCUT2D eigenvalue weighted by molar-refractivity contribution is 0.351. The largest absolute Gasteiger partial charge is 0.315 e. The molecule has 0 saturated heterocycles. The Morgan fingerprint density at radius 1 is 1.18 bits per heavy atom. The summed E-state index contributed by atoms with van der Waals surface area (Å²) in [7, 11) is 2.16. The molecule has 3 heteroatoms. The molecule has 0 heterocycles. The first kappa shape index (κ1) is 14.6. The van der Waals surface area contributed by atoms with Gasteiger partial charge in [-0.1, -0.05) is 37.3 Å². The maximum atomic E-state index is 3.47. The van der Waals surface area contributed by atoms with Crippen molar-refractivity contribution in [3.63, 3.8) is 0 Å². The van der Waals surface area contributed by atoms with Crippen molar-refractivity contribution in [2.24, 2.45) is 0 Å². The van der Waals surface area contributed by atoms with Crippen LogP contribution in [-0.4, -0.2) is 43.9 Å². The van der Waals surface area contributed by atoms with E-state index >= 15 is 0 Å². The van der Waals surface area contributed by atoms with Gasteiger partial charge in [0, 0.05) is 31.1 Å². The van der Waals surface area contributed by atoms with Crippen LogP contribution >= 0.6 is 11.8 Å². The van der Waals surface area contributed by atoms with Gasteiger partial charge in [-0.05, 0) is 19.2 Å². The Bertz CT molecular complexity index is 277. The minimum absolute atomic E-state index is 1.09. The summed E-state index contributed by atoms with van der Waals surface area (Å²) in [5.41, 5.74) is 1.42. The van der Waals surface area contributed by atoms with E-state index in [1.54, 1.807) is 0 Å². The van der Waals surface area contributed by atoms with Crippen LogP contribution < -0.4 is 5.32 Å². The van der Waals surface area contributed by atoms with Crippen molar-refractivity contribution in [3.8, 4) is 0 Å². The van der Waals surface area contributed by atoms with Crippen molar-refractivity contribution < 1.29 is 0 Å². The van der Waals surface area contributed by atoms with Gasteiger partial charge in [-0.15, -0.1) is 0 Å². The van der Waals surface area contributed by atoms with Crippen molar-refractivity contribution in [3.05, 3.63) is 35.9 Å². The predicted octanol–water partition coefficient (Wildman–Crippen LogP) is 2.46. The summed E-state index contributed by atoms with van der Waals surface area (Å²) < 4.78 is 0. The van der Waals surface area contributed by atoms with Crippen LogP contribution in [0.5, 0.6) is 0 Å². The molecule has 1 N–H and O–H groups in total. The average molecular weight is 252 g/mol. The number of nitrogens with zero attached hydrogens (tertiary/aromatic N) is 1. The summed E-state index contributed by atoms with van der Waals surface area (Å²) in [5.74, 6) is 2.31. The lowest BCUT2D eigenvalue weighted by Crippen LogP contribution is -2.30. The highest BCUT2D eigenvalue weighted by Crippen LogP contribution is 2.10. The zero-order chi connectivity index (χ0) is 12.3. The molecule has 0 aliphatic rings. The summed E-state index contributed by atoms with van der Waals surface area (Å²) in [6.45, 7) is 6.66. The van der Waals surface area contributed by atoms with Crippen LogP contribution in [0.3, 0.4) is 0 Å². The fourth-order valence-corrected chi connectivity index (χ4v) is 2.32. The topological polar surface area (TPSA) is 15.3 Å². The third-order valence-electron chi connectivity index (χ3n) is 2.74. The summed E-state index contributed by atoms with van der Waals surface area (Å²) in [5, 5.41) is 3.47. The molecule has 1 aromatic carbocycles. The van der Waals surface area contributed by atoms with Crippen LogP contribution in [0.15, 0.2) is 30.3 Å². The SMILES string of the molecule is CCN(C)CCNCCSCc1ccccc1. The monoisotopic (exact) mass is 252 g/mol. The van der Waals surface area contributed by atoms with Crippen LogP contribution in [0.25, 0.3) is 0 Å². The van der Waals surface area contributed by atoms with Crippen LogP contribution in [0.2, 0.25) is 0 Å². The molecule has 0 fully saturated rings. The fraction of sp³-hybridized carbons (Fsp3) is 0.571. The molecule has 0 unspecified atom stereocenters. The smallest absolute Gasteiger partial charge is 0.0185 e.